The van der Waals surface area contributed by atoms with Crippen molar-refractivity contribution in [3.05, 3.63) is 376 Å². The molecule has 16 aromatic carbocycles. The van der Waals surface area contributed by atoms with E-state index in [2.05, 4.69) is 270 Å². The van der Waals surface area contributed by atoms with Gasteiger partial charge in [0.05, 0.1) is 0 Å². The Labute approximate surface area is 589 Å². The number of benzene rings is 16. The fraction of sp³-hybridized carbons (Fsp3) is 0. The van der Waals surface area contributed by atoms with E-state index >= 15 is 0 Å². The molecular formula is C94H66N4O4. The average Bonchev–Trinajstić information content (AvgIpc) is 1.63. The highest BCUT2D eigenvalue weighted by Crippen LogP contribution is 2.41. The molecule has 0 spiro atoms. The SMILES string of the molecule is c1ccc(Nc2ccc(-c3ccc4oc5ccccc5c4c3)cc2)cc1.c1ccc(Nc2ccc3c(c2)oc2cc4ccccc4cc23)cc1.c1ccc(Nc2cccc(-c3cccc4c3oc3ccccc34)c2)cc1.c1ccc(Nc2cccc(-c3cccc4oc5ccccc5c34)c2)cc1. The van der Waals surface area contributed by atoms with Crippen LogP contribution in [-0.2, 0) is 0 Å². The molecule has 8 heteroatoms. The van der Waals surface area contributed by atoms with Gasteiger partial charge in [-0.15, -0.1) is 0 Å². The van der Waals surface area contributed by atoms with Crippen LogP contribution < -0.4 is 21.3 Å². The van der Waals surface area contributed by atoms with Crippen LogP contribution in [0.25, 0.3) is 132 Å². The van der Waals surface area contributed by atoms with Crippen LogP contribution in [0.15, 0.2) is 394 Å². The quantitative estimate of drug-likeness (QED) is 0.102. The highest BCUT2D eigenvalue weighted by atomic mass is 16.3. The zero-order valence-corrected chi connectivity index (χ0v) is 55.4. The van der Waals surface area contributed by atoms with Gasteiger partial charge >= 0.3 is 0 Å². The van der Waals surface area contributed by atoms with E-state index in [9.17, 15) is 0 Å². The molecule has 4 aromatic heterocycles. The standard InChI is InChI=1S/3C24H17NO.C22H15NO/c1-2-9-18(10-3-1)25-19-11-6-8-17(16-19)20-13-7-14-22-21-12-4-5-15-23(21)26-24(20)22;1-2-9-18(10-3-1)25-19-11-6-8-17(16-19)20-13-7-15-23-24(20)21-12-4-5-14-22(21)26-23;1-2-6-19(7-3-1)25-20-13-10-17(11-14-20)18-12-15-24-22(16-18)21-8-4-5-9-23(21)26-24;1-2-8-17(9-3-1)23-18-10-11-19-20-12-15-6-4-5-7-16(15)13-21(20)24-22(19)14-18/h3*1-16,25H;1-14,23H. The predicted octanol–water partition coefficient (Wildman–Crippen LogP) is 27.5. The molecule has 0 radical (unpaired) electrons. The monoisotopic (exact) mass is 1310 g/mol. The first-order valence-electron chi connectivity index (χ1n) is 34.2. The lowest BCUT2D eigenvalue weighted by Crippen LogP contribution is -1.90. The smallest absolute Gasteiger partial charge is 0.143 e. The van der Waals surface area contributed by atoms with E-state index in [0.29, 0.717) is 0 Å². The second-order valence-electron chi connectivity index (χ2n) is 25.1. The van der Waals surface area contributed by atoms with Gasteiger partial charge in [-0.1, -0.05) is 224 Å². The molecule has 8 nitrogen and oxygen atoms in total. The molecule has 0 aliphatic heterocycles. The minimum atomic E-state index is 0.904. The Morgan fingerprint density at radius 1 is 0.167 bits per heavy atom. The number of hydrogen-bond donors (Lipinski definition) is 4. The van der Waals surface area contributed by atoms with E-state index in [1.165, 1.54) is 38.4 Å². The molecule has 0 unspecified atom stereocenters. The molecule has 0 saturated heterocycles. The maximum Gasteiger partial charge on any atom is 0.143 e. The number of anilines is 8. The molecule has 102 heavy (non-hydrogen) atoms. The molecule has 0 bridgehead atoms. The summed E-state index contributed by atoms with van der Waals surface area (Å²) in [6.07, 6.45) is 0. The van der Waals surface area contributed by atoms with Crippen molar-refractivity contribution in [1.82, 2.24) is 0 Å². The summed E-state index contributed by atoms with van der Waals surface area (Å²) in [6, 6.07) is 129. The summed E-state index contributed by atoms with van der Waals surface area (Å²) in [4.78, 5) is 0. The highest BCUT2D eigenvalue weighted by Gasteiger charge is 2.16. The second-order valence-corrected chi connectivity index (χ2v) is 25.1. The van der Waals surface area contributed by atoms with Gasteiger partial charge in [-0.3, -0.25) is 0 Å². The van der Waals surface area contributed by atoms with Gasteiger partial charge < -0.3 is 38.9 Å². The third kappa shape index (κ3) is 13.1. The Morgan fingerprint density at radius 2 is 0.539 bits per heavy atom. The minimum absolute atomic E-state index is 0.904. The van der Waals surface area contributed by atoms with Crippen LogP contribution in [0.1, 0.15) is 0 Å². The van der Waals surface area contributed by atoms with Crippen molar-refractivity contribution < 1.29 is 17.7 Å². The molecule has 0 atom stereocenters. The Hall–Kier alpha value is -13.8. The third-order valence-corrected chi connectivity index (χ3v) is 18.3. The summed E-state index contributed by atoms with van der Waals surface area (Å²) in [5.74, 6) is 0. The molecule has 0 fully saturated rings. The summed E-state index contributed by atoms with van der Waals surface area (Å²) < 4.78 is 24.2. The van der Waals surface area contributed by atoms with E-state index in [1.807, 2.05) is 127 Å². The van der Waals surface area contributed by atoms with E-state index < -0.39 is 0 Å². The van der Waals surface area contributed by atoms with Crippen LogP contribution in [0.5, 0.6) is 0 Å². The summed E-state index contributed by atoms with van der Waals surface area (Å²) >= 11 is 0. The minimum Gasteiger partial charge on any atom is -0.456 e. The molecular weight excluding hydrogens is 1250 g/mol. The maximum atomic E-state index is 6.18. The average molecular weight is 1320 g/mol. The predicted molar refractivity (Wildman–Crippen MR) is 428 cm³/mol. The van der Waals surface area contributed by atoms with E-state index in [4.69, 9.17) is 17.7 Å². The first-order chi connectivity index (χ1) is 50.5. The topological polar surface area (TPSA) is 101 Å². The largest absolute Gasteiger partial charge is 0.456 e. The molecule has 20 rings (SSSR count). The number of fused-ring (bicyclic) bond motifs is 13. The lowest BCUT2D eigenvalue weighted by molar-refractivity contribution is 0.668. The molecule has 0 aliphatic carbocycles. The number of nitrogens with one attached hydrogen (secondary N) is 4. The van der Waals surface area contributed by atoms with Gasteiger partial charge in [0.2, 0.25) is 0 Å². The Morgan fingerprint density at radius 3 is 1.17 bits per heavy atom. The Kier molecular flexibility index (Phi) is 16.9. The number of furan rings is 4. The maximum absolute atomic E-state index is 6.18. The fourth-order valence-electron chi connectivity index (χ4n) is 13.5. The Balaban J connectivity index is 0.000000101. The van der Waals surface area contributed by atoms with E-state index in [1.54, 1.807) is 0 Å². The van der Waals surface area contributed by atoms with Crippen molar-refractivity contribution in [2.45, 2.75) is 0 Å². The fourth-order valence-corrected chi connectivity index (χ4v) is 13.5. The summed E-state index contributed by atoms with van der Waals surface area (Å²) in [5, 5.41) is 25.4. The zero-order chi connectivity index (χ0) is 68.0. The summed E-state index contributed by atoms with van der Waals surface area (Å²) in [5.41, 5.74) is 22.9. The van der Waals surface area contributed by atoms with Crippen LogP contribution >= 0.6 is 0 Å². The van der Waals surface area contributed by atoms with Crippen LogP contribution in [0.2, 0.25) is 0 Å². The van der Waals surface area contributed by atoms with Gasteiger partial charge in [0.1, 0.15) is 44.7 Å². The van der Waals surface area contributed by atoms with Gasteiger partial charge in [-0.25, -0.2) is 0 Å². The van der Waals surface area contributed by atoms with Gasteiger partial charge in [0.15, 0.2) is 0 Å². The highest BCUT2D eigenvalue weighted by molar-refractivity contribution is 6.14. The zero-order valence-electron chi connectivity index (χ0n) is 55.4. The molecule has 0 aliphatic rings. The van der Waals surface area contributed by atoms with Crippen LogP contribution in [-0.4, -0.2) is 0 Å². The summed E-state index contributed by atoms with van der Waals surface area (Å²) in [6.45, 7) is 0. The van der Waals surface area contributed by atoms with Crippen molar-refractivity contribution in [3.63, 3.8) is 0 Å². The van der Waals surface area contributed by atoms with Gasteiger partial charge in [-0.2, -0.15) is 0 Å². The normalized spacial score (nSPS) is 11.1. The van der Waals surface area contributed by atoms with Crippen LogP contribution in [0.3, 0.4) is 0 Å². The lowest BCUT2D eigenvalue weighted by Gasteiger charge is -2.09. The van der Waals surface area contributed by atoms with Crippen molar-refractivity contribution in [2.75, 3.05) is 21.3 Å². The molecule has 486 valence electrons. The first-order valence-corrected chi connectivity index (χ1v) is 34.2. The van der Waals surface area contributed by atoms with Crippen molar-refractivity contribution in [1.29, 1.82) is 0 Å². The number of rotatable bonds is 11. The second kappa shape index (κ2) is 28.0. The molecule has 4 N–H and O–H groups in total. The van der Waals surface area contributed by atoms with E-state index in [0.717, 1.165) is 139 Å². The van der Waals surface area contributed by atoms with Crippen molar-refractivity contribution in [3.8, 4) is 33.4 Å². The van der Waals surface area contributed by atoms with Gasteiger partial charge in [-0.05, 0) is 184 Å². The summed E-state index contributed by atoms with van der Waals surface area (Å²) in [7, 11) is 0. The van der Waals surface area contributed by atoms with Crippen LogP contribution in [0, 0.1) is 0 Å². The van der Waals surface area contributed by atoms with Crippen molar-refractivity contribution in [2.24, 2.45) is 0 Å². The van der Waals surface area contributed by atoms with Crippen molar-refractivity contribution >= 4 is 144 Å². The van der Waals surface area contributed by atoms with E-state index in [-0.39, 0.29) is 0 Å². The molecule has 0 amide bonds. The number of hydrogen-bond acceptors (Lipinski definition) is 8. The Bertz CT molecular complexity index is 6310. The first kappa shape index (κ1) is 61.7. The third-order valence-electron chi connectivity index (χ3n) is 18.3. The molecule has 0 saturated carbocycles. The molecule has 4 heterocycles. The van der Waals surface area contributed by atoms with Crippen LogP contribution in [0.4, 0.5) is 45.5 Å². The lowest BCUT2D eigenvalue weighted by atomic mass is 9.99. The van der Waals surface area contributed by atoms with Gasteiger partial charge in [0, 0.05) is 100 Å². The molecule has 20 aromatic rings. The number of para-hydroxylation sites is 8. The van der Waals surface area contributed by atoms with Gasteiger partial charge in [0.25, 0.3) is 0 Å².